The van der Waals surface area contributed by atoms with Gasteiger partial charge in [0.15, 0.2) is 9.84 Å². The van der Waals surface area contributed by atoms with Gasteiger partial charge in [-0.15, -0.1) is 0 Å². The number of benzene rings is 2. The van der Waals surface area contributed by atoms with Crippen LogP contribution in [0.5, 0.6) is 0 Å². The quantitative estimate of drug-likeness (QED) is 0.694. The minimum atomic E-state index is -3.79. The molecule has 0 bridgehead atoms. The molecule has 9 heteroatoms. The van der Waals surface area contributed by atoms with Crippen molar-refractivity contribution in [1.29, 1.82) is 0 Å². The Morgan fingerprint density at radius 3 is 2.12 bits per heavy atom. The number of carbonyl (C=O) groups excluding carboxylic acids is 1. The van der Waals surface area contributed by atoms with E-state index in [1.165, 1.54) is 12.1 Å². The summed E-state index contributed by atoms with van der Waals surface area (Å²) in [6.45, 7) is 0. The zero-order valence-electron chi connectivity index (χ0n) is 12.0. The molecule has 128 valence electrons. The van der Waals surface area contributed by atoms with Crippen molar-refractivity contribution in [2.75, 3.05) is 11.1 Å². The highest BCUT2D eigenvalue weighted by Crippen LogP contribution is 2.32. The van der Waals surface area contributed by atoms with E-state index in [1.807, 2.05) is 0 Å². The van der Waals surface area contributed by atoms with Gasteiger partial charge in [0.25, 0.3) is 0 Å². The number of hydrogen-bond donors (Lipinski definition) is 1. The summed E-state index contributed by atoms with van der Waals surface area (Å²) in [5, 5.41) is 3.41. The molecule has 0 saturated carbocycles. The molecule has 1 N–H and O–H groups in total. The zero-order chi connectivity index (χ0) is 17.9. The maximum atomic E-state index is 12.2. The largest absolute Gasteiger partial charge is 0.325 e. The molecule has 0 aliphatic carbocycles. The van der Waals surface area contributed by atoms with Gasteiger partial charge in [0.1, 0.15) is 5.75 Å². The third kappa shape index (κ3) is 5.26. The smallest absolute Gasteiger partial charge is 0.239 e. The molecule has 0 unspecified atom stereocenters. The molecule has 0 heterocycles. The molecule has 0 aromatic heterocycles. The van der Waals surface area contributed by atoms with Crippen molar-refractivity contribution >= 4 is 67.8 Å². The monoisotopic (exact) mass is 425 g/mol. The lowest BCUT2D eigenvalue weighted by atomic mass is 10.2. The van der Waals surface area contributed by atoms with Gasteiger partial charge in [-0.1, -0.05) is 46.4 Å². The van der Waals surface area contributed by atoms with Crippen LogP contribution in [0.25, 0.3) is 0 Å². The molecule has 0 saturated heterocycles. The van der Waals surface area contributed by atoms with Gasteiger partial charge in [-0.25, -0.2) is 8.42 Å². The van der Waals surface area contributed by atoms with E-state index < -0.39 is 27.3 Å². The predicted octanol–water partition coefficient (Wildman–Crippen LogP) is 4.85. The average Bonchev–Trinajstić information content (AvgIpc) is 2.49. The Hall–Kier alpha value is -0.980. The maximum Gasteiger partial charge on any atom is 0.239 e. The van der Waals surface area contributed by atoms with Crippen molar-refractivity contribution in [3.8, 4) is 0 Å². The molecule has 0 fully saturated rings. The molecular formula is C15H11Cl4NO3S. The van der Waals surface area contributed by atoms with Crippen LogP contribution in [0.2, 0.25) is 20.1 Å². The Bertz CT molecular complexity index is 867. The van der Waals surface area contributed by atoms with E-state index >= 15 is 0 Å². The SMILES string of the molecule is O=C(CS(=O)(=O)Cc1c(Cl)ccc(Cl)c1Cl)Nc1ccc(Cl)cc1. The fraction of sp³-hybridized carbons (Fsp3) is 0.133. The molecule has 0 aliphatic heterocycles. The topological polar surface area (TPSA) is 63.2 Å². The molecule has 0 spiro atoms. The molecule has 0 aliphatic rings. The van der Waals surface area contributed by atoms with Gasteiger partial charge in [-0.3, -0.25) is 4.79 Å². The summed E-state index contributed by atoms with van der Waals surface area (Å²) < 4.78 is 24.5. The highest BCUT2D eigenvalue weighted by Gasteiger charge is 2.21. The van der Waals surface area contributed by atoms with Crippen molar-refractivity contribution in [2.45, 2.75) is 5.75 Å². The molecule has 2 aromatic rings. The lowest BCUT2D eigenvalue weighted by Gasteiger charge is -2.10. The summed E-state index contributed by atoms with van der Waals surface area (Å²) in [6, 6.07) is 9.22. The molecule has 2 rings (SSSR count). The molecular weight excluding hydrogens is 416 g/mol. The summed E-state index contributed by atoms with van der Waals surface area (Å²) in [7, 11) is -3.79. The van der Waals surface area contributed by atoms with Crippen LogP contribution >= 0.6 is 46.4 Å². The zero-order valence-corrected chi connectivity index (χ0v) is 15.9. The van der Waals surface area contributed by atoms with Crippen LogP contribution in [0.3, 0.4) is 0 Å². The third-order valence-corrected chi connectivity index (χ3v) is 5.86. The van der Waals surface area contributed by atoms with Gasteiger partial charge < -0.3 is 5.32 Å². The Balaban J connectivity index is 2.10. The number of sulfone groups is 1. The van der Waals surface area contributed by atoms with Crippen LogP contribution < -0.4 is 5.32 Å². The highest BCUT2D eigenvalue weighted by atomic mass is 35.5. The van der Waals surface area contributed by atoms with Crippen molar-refractivity contribution < 1.29 is 13.2 Å². The van der Waals surface area contributed by atoms with Gasteiger partial charge in [-0.2, -0.15) is 0 Å². The van der Waals surface area contributed by atoms with E-state index in [0.29, 0.717) is 10.7 Å². The van der Waals surface area contributed by atoms with E-state index in [-0.39, 0.29) is 20.6 Å². The van der Waals surface area contributed by atoms with Crippen molar-refractivity contribution in [3.05, 3.63) is 62.1 Å². The first kappa shape index (κ1) is 19.3. The Kier molecular flexibility index (Phi) is 6.39. The summed E-state index contributed by atoms with van der Waals surface area (Å²) in [5.74, 6) is -1.87. The maximum absolute atomic E-state index is 12.2. The van der Waals surface area contributed by atoms with Gasteiger partial charge in [0, 0.05) is 21.3 Å². The summed E-state index contributed by atoms with van der Waals surface area (Å²) in [5.41, 5.74) is 0.614. The van der Waals surface area contributed by atoms with Crippen molar-refractivity contribution in [3.63, 3.8) is 0 Å². The number of nitrogens with one attached hydrogen (secondary N) is 1. The third-order valence-electron chi connectivity index (χ3n) is 2.98. The van der Waals surface area contributed by atoms with Crippen molar-refractivity contribution in [2.24, 2.45) is 0 Å². The van der Waals surface area contributed by atoms with Crippen LogP contribution in [-0.4, -0.2) is 20.1 Å². The number of anilines is 1. The fourth-order valence-electron chi connectivity index (χ4n) is 1.90. The predicted molar refractivity (Wildman–Crippen MR) is 99.0 cm³/mol. The highest BCUT2D eigenvalue weighted by molar-refractivity contribution is 7.91. The summed E-state index contributed by atoms with van der Waals surface area (Å²) in [4.78, 5) is 11.9. The number of hydrogen-bond acceptors (Lipinski definition) is 3. The normalized spacial score (nSPS) is 11.3. The minimum Gasteiger partial charge on any atom is -0.325 e. The number of carbonyl (C=O) groups is 1. The van der Waals surface area contributed by atoms with Crippen LogP contribution in [0.4, 0.5) is 5.69 Å². The van der Waals surface area contributed by atoms with E-state index in [9.17, 15) is 13.2 Å². The lowest BCUT2D eigenvalue weighted by Crippen LogP contribution is -2.24. The molecule has 1 amide bonds. The second kappa shape index (κ2) is 7.93. The van der Waals surface area contributed by atoms with Crippen LogP contribution in [0.15, 0.2) is 36.4 Å². The standard InChI is InChI=1S/C15H11Cl4NO3S/c16-9-1-3-10(4-2-9)20-14(21)8-24(22,23)7-11-12(17)5-6-13(18)15(11)19/h1-6H,7-8H2,(H,20,21). The van der Waals surface area contributed by atoms with Crippen LogP contribution in [0, 0.1) is 0 Å². The Morgan fingerprint density at radius 2 is 1.50 bits per heavy atom. The first-order chi connectivity index (χ1) is 11.2. The van der Waals surface area contributed by atoms with Gasteiger partial charge >= 0.3 is 0 Å². The number of amides is 1. The van der Waals surface area contributed by atoms with Crippen LogP contribution in [0.1, 0.15) is 5.56 Å². The average molecular weight is 427 g/mol. The van der Waals surface area contributed by atoms with Gasteiger partial charge in [-0.05, 0) is 36.4 Å². The first-order valence-electron chi connectivity index (χ1n) is 6.56. The second-order valence-electron chi connectivity index (χ2n) is 4.91. The van der Waals surface area contributed by atoms with E-state index in [1.54, 1.807) is 24.3 Å². The van der Waals surface area contributed by atoms with E-state index in [0.717, 1.165) is 0 Å². The molecule has 0 atom stereocenters. The second-order valence-corrected chi connectivity index (χ2v) is 8.60. The molecule has 24 heavy (non-hydrogen) atoms. The molecule has 4 nitrogen and oxygen atoms in total. The minimum absolute atomic E-state index is 0.0610. The Labute approximate surface area is 159 Å². The molecule has 0 radical (unpaired) electrons. The number of halogens is 4. The Morgan fingerprint density at radius 1 is 0.917 bits per heavy atom. The lowest BCUT2D eigenvalue weighted by molar-refractivity contribution is -0.113. The summed E-state index contributed by atoms with van der Waals surface area (Å²) >= 11 is 23.6. The fourth-order valence-corrected chi connectivity index (χ4v) is 4.18. The van der Waals surface area contributed by atoms with E-state index in [4.69, 9.17) is 46.4 Å². The first-order valence-corrected chi connectivity index (χ1v) is 9.89. The number of rotatable bonds is 5. The van der Waals surface area contributed by atoms with E-state index in [2.05, 4.69) is 5.32 Å². The summed E-state index contributed by atoms with van der Waals surface area (Å²) in [6.07, 6.45) is 0. The molecule has 2 aromatic carbocycles. The van der Waals surface area contributed by atoms with Gasteiger partial charge in [0.2, 0.25) is 5.91 Å². The van der Waals surface area contributed by atoms with Crippen LogP contribution in [-0.2, 0) is 20.4 Å². The van der Waals surface area contributed by atoms with Crippen molar-refractivity contribution in [1.82, 2.24) is 0 Å². The van der Waals surface area contributed by atoms with Gasteiger partial charge in [0.05, 0.1) is 15.8 Å².